The molecule has 0 atom stereocenters. The lowest BCUT2D eigenvalue weighted by atomic mass is 9.90. The van der Waals surface area contributed by atoms with Gasteiger partial charge in [-0.25, -0.2) is 4.99 Å². The normalized spacial score (nSPS) is 15.2. The molecule has 0 bridgehead atoms. The van der Waals surface area contributed by atoms with E-state index in [1.54, 1.807) is 10.3 Å². The van der Waals surface area contributed by atoms with Gasteiger partial charge in [0.2, 0.25) is 0 Å². The lowest BCUT2D eigenvalue weighted by Gasteiger charge is -2.33. The summed E-state index contributed by atoms with van der Waals surface area (Å²) in [4.78, 5) is 6.27. The topological polar surface area (TPSA) is 33.6 Å². The molecule has 0 amide bonds. The highest BCUT2D eigenvalue weighted by molar-refractivity contribution is 7.68. The fourth-order valence-corrected chi connectivity index (χ4v) is 6.03. The molecule has 0 saturated heterocycles. The van der Waals surface area contributed by atoms with Gasteiger partial charge in [0.15, 0.2) is 0 Å². The summed E-state index contributed by atoms with van der Waals surface area (Å²) in [6, 6.07) is 16.5. The summed E-state index contributed by atoms with van der Waals surface area (Å²) in [5.74, 6) is 0.883. The molecular weight excluding hydrogens is 348 g/mol. The molecule has 1 aliphatic heterocycles. The van der Waals surface area contributed by atoms with Crippen LogP contribution in [0.2, 0.25) is 0 Å². The fourth-order valence-electron chi connectivity index (χ4n) is 3.09. The summed E-state index contributed by atoms with van der Waals surface area (Å²) in [5.41, 5.74) is 4.54. The van der Waals surface area contributed by atoms with Crippen molar-refractivity contribution in [2.75, 3.05) is 11.9 Å². The van der Waals surface area contributed by atoms with E-state index in [2.05, 4.69) is 43.4 Å². The molecule has 3 nitrogen and oxygen atoms in total. The average molecular weight is 369 g/mol. The van der Waals surface area contributed by atoms with E-state index in [9.17, 15) is 0 Å². The van der Waals surface area contributed by atoms with Crippen LogP contribution in [0.1, 0.15) is 25.6 Å². The van der Waals surface area contributed by atoms with Gasteiger partial charge in [-0.3, -0.25) is 0 Å². The molecule has 3 aromatic rings. The molecule has 4 rings (SSSR count). The zero-order valence-corrected chi connectivity index (χ0v) is 16.1. The molecule has 25 heavy (non-hydrogen) atoms. The number of fused-ring (bicyclic) bond motifs is 3. The van der Waals surface area contributed by atoms with Crippen LogP contribution >= 0.6 is 20.7 Å². The first kappa shape index (κ1) is 16.4. The summed E-state index contributed by atoms with van der Waals surface area (Å²) in [6.45, 7) is 7.12. The highest BCUT2D eigenvalue weighted by Gasteiger charge is 2.33. The van der Waals surface area contributed by atoms with Crippen molar-refractivity contribution < 1.29 is 4.74 Å². The number of ether oxygens (including phenoxy) is 1. The van der Waals surface area contributed by atoms with E-state index in [0.29, 0.717) is 6.61 Å². The van der Waals surface area contributed by atoms with Crippen LogP contribution in [0.25, 0.3) is 11.1 Å². The monoisotopic (exact) mass is 368 g/mol. The van der Waals surface area contributed by atoms with E-state index >= 15 is 0 Å². The molecule has 0 spiro atoms. The predicted octanol–water partition coefficient (Wildman–Crippen LogP) is 5.77. The number of hydrogen-bond donors (Lipinski definition) is 1. The van der Waals surface area contributed by atoms with Crippen LogP contribution in [0.5, 0.6) is 5.75 Å². The zero-order valence-electron chi connectivity index (χ0n) is 14.5. The Balaban J connectivity index is 1.85. The number of nitrogens with one attached hydrogen (secondary N) is 1. The zero-order chi connectivity index (χ0) is 17.4. The predicted molar refractivity (Wildman–Crippen MR) is 107 cm³/mol. The van der Waals surface area contributed by atoms with E-state index in [4.69, 9.17) is 9.73 Å². The molecule has 128 valence electrons. The number of nitrogens with zero attached hydrogens (tertiary/aromatic N) is 1. The molecular formula is C20H20N2OS2. The van der Waals surface area contributed by atoms with Gasteiger partial charge in [-0.05, 0) is 51.1 Å². The SMILES string of the molecule is CCOc1ccc(N=c2ssc3c2-c2ccccc2NC3(C)C)cc1. The van der Waals surface area contributed by atoms with Crippen molar-refractivity contribution in [2.45, 2.75) is 26.3 Å². The Hall–Kier alpha value is -2.11. The van der Waals surface area contributed by atoms with Gasteiger partial charge in [-0.2, -0.15) is 0 Å². The van der Waals surface area contributed by atoms with E-state index in [0.717, 1.165) is 16.1 Å². The first-order valence-electron chi connectivity index (χ1n) is 8.37. The van der Waals surface area contributed by atoms with Crippen LogP contribution < -0.4 is 14.7 Å². The van der Waals surface area contributed by atoms with Crippen molar-refractivity contribution in [3.63, 3.8) is 0 Å². The Bertz CT molecular complexity index is 968. The van der Waals surface area contributed by atoms with Gasteiger partial charge in [-0.15, -0.1) is 0 Å². The quantitative estimate of drug-likeness (QED) is 0.596. The molecule has 1 N–H and O–H groups in total. The molecule has 1 aliphatic rings. The lowest BCUT2D eigenvalue weighted by Crippen LogP contribution is -2.31. The van der Waals surface area contributed by atoms with Crippen molar-refractivity contribution in [2.24, 2.45) is 4.99 Å². The van der Waals surface area contributed by atoms with Gasteiger partial charge >= 0.3 is 0 Å². The maximum atomic E-state index is 5.52. The number of para-hydroxylation sites is 1. The highest BCUT2D eigenvalue weighted by atomic mass is 32.9. The third-order valence-electron chi connectivity index (χ3n) is 4.23. The molecule has 5 heteroatoms. The molecule has 2 aromatic carbocycles. The third-order valence-corrected chi connectivity index (χ3v) is 6.88. The number of hydrogen-bond acceptors (Lipinski definition) is 5. The minimum atomic E-state index is -0.0859. The van der Waals surface area contributed by atoms with Crippen LogP contribution in [-0.2, 0) is 5.54 Å². The summed E-state index contributed by atoms with van der Waals surface area (Å²) >= 11 is 0. The van der Waals surface area contributed by atoms with Crippen LogP contribution in [0.15, 0.2) is 53.5 Å². The first-order valence-corrected chi connectivity index (χ1v) is 10.5. The number of rotatable bonds is 3. The minimum absolute atomic E-state index is 0.0859. The molecule has 2 heterocycles. The standard InChI is InChI=1S/C20H20N2OS2/c1-4-23-14-11-9-13(10-12-14)21-19-17-15-7-5-6-8-16(15)22-20(2,3)18(17)24-25-19/h5-12,22H,4H2,1-3H3. The van der Waals surface area contributed by atoms with Crippen molar-refractivity contribution >= 4 is 32.1 Å². The molecule has 0 unspecified atom stereocenters. The second-order valence-corrected chi connectivity index (χ2v) is 8.64. The van der Waals surface area contributed by atoms with Crippen LogP contribution in [0.3, 0.4) is 0 Å². The average Bonchev–Trinajstić information content (AvgIpc) is 3.02. The Morgan fingerprint density at radius 2 is 1.80 bits per heavy atom. The Morgan fingerprint density at radius 3 is 2.56 bits per heavy atom. The summed E-state index contributed by atoms with van der Waals surface area (Å²) in [6.07, 6.45) is 0. The van der Waals surface area contributed by atoms with Crippen LogP contribution in [-0.4, -0.2) is 6.61 Å². The van der Waals surface area contributed by atoms with Gasteiger partial charge in [0.1, 0.15) is 10.4 Å². The lowest BCUT2D eigenvalue weighted by molar-refractivity contribution is 0.340. The van der Waals surface area contributed by atoms with Gasteiger partial charge in [0.05, 0.1) is 22.7 Å². The third kappa shape index (κ3) is 2.98. The molecule has 0 radical (unpaired) electrons. The minimum Gasteiger partial charge on any atom is -0.494 e. The van der Waals surface area contributed by atoms with E-state index in [1.807, 2.05) is 41.5 Å². The molecule has 1 aromatic heterocycles. The fraction of sp³-hybridized carbons (Fsp3) is 0.250. The van der Waals surface area contributed by atoms with Gasteiger partial charge in [0, 0.05) is 16.8 Å². The van der Waals surface area contributed by atoms with Crippen LogP contribution in [0, 0.1) is 0 Å². The van der Waals surface area contributed by atoms with Gasteiger partial charge in [-0.1, -0.05) is 38.9 Å². The first-order chi connectivity index (χ1) is 12.1. The molecule has 0 fully saturated rings. The molecule has 0 aliphatic carbocycles. The second kappa shape index (κ2) is 6.32. The number of anilines is 1. The van der Waals surface area contributed by atoms with E-state index < -0.39 is 0 Å². The van der Waals surface area contributed by atoms with Crippen molar-refractivity contribution in [3.8, 4) is 16.9 Å². The van der Waals surface area contributed by atoms with E-state index in [1.165, 1.54) is 21.7 Å². The smallest absolute Gasteiger partial charge is 0.135 e. The maximum Gasteiger partial charge on any atom is 0.135 e. The van der Waals surface area contributed by atoms with Crippen molar-refractivity contribution in [1.29, 1.82) is 0 Å². The summed E-state index contributed by atoms with van der Waals surface area (Å²) in [7, 11) is 3.56. The highest BCUT2D eigenvalue weighted by Crippen LogP contribution is 2.45. The summed E-state index contributed by atoms with van der Waals surface area (Å²) < 4.78 is 6.59. The number of benzene rings is 2. The van der Waals surface area contributed by atoms with Gasteiger partial charge < -0.3 is 10.1 Å². The van der Waals surface area contributed by atoms with Crippen LogP contribution in [0.4, 0.5) is 11.4 Å². The van der Waals surface area contributed by atoms with Gasteiger partial charge in [0.25, 0.3) is 0 Å². The molecule has 0 saturated carbocycles. The van der Waals surface area contributed by atoms with Crippen molar-refractivity contribution in [3.05, 3.63) is 58.1 Å². The summed E-state index contributed by atoms with van der Waals surface area (Å²) in [5, 5.41) is 3.65. The largest absolute Gasteiger partial charge is 0.494 e. The Labute approximate surface area is 155 Å². The van der Waals surface area contributed by atoms with Crippen molar-refractivity contribution in [1.82, 2.24) is 0 Å². The maximum absolute atomic E-state index is 5.52. The van der Waals surface area contributed by atoms with E-state index in [-0.39, 0.29) is 5.54 Å². The Morgan fingerprint density at radius 1 is 1.04 bits per heavy atom. The second-order valence-electron chi connectivity index (χ2n) is 6.51. The Kier molecular flexibility index (Phi) is 4.13.